The van der Waals surface area contributed by atoms with E-state index < -0.39 is 0 Å². The van der Waals surface area contributed by atoms with Gasteiger partial charge in [0.25, 0.3) is 0 Å². The van der Waals surface area contributed by atoms with E-state index in [1.54, 1.807) is 11.8 Å². The molecule has 2 aromatic carbocycles. The SMILES string of the molecule is Cc1ccccc1SCC(=O)Cc1cccc(Br)c1. The molecule has 0 saturated carbocycles. The Morgan fingerprint density at radius 1 is 1.16 bits per heavy atom. The third-order valence-corrected chi connectivity index (χ3v) is 4.50. The molecule has 0 atom stereocenters. The highest BCUT2D eigenvalue weighted by Gasteiger charge is 2.06. The number of hydrogen-bond acceptors (Lipinski definition) is 2. The molecule has 3 heteroatoms. The maximum absolute atomic E-state index is 12.0. The Morgan fingerprint density at radius 2 is 1.95 bits per heavy atom. The molecule has 19 heavy (non-hydrogen) atoms. The summed E-state index contributed by atoms with van der Waals surface area (Å²) in [4.78, 5) is 13.2. The van der Waals surface area contributed by atoms with Gasteiger partial charge in [0, 0.05) is 15.8 Å². The predicted molar refractivity (Wildman–Crippen MR) is 84.8 cm³/mol. The fourth-order valence-electron chi connectivity index (χ4n) is 1.80. The number of rotatable bonds is 5. The first-order valence-electron chi connectivity index (χ1n) is 6.10. The molecule has 0 aromatic heterocycles. The number of carbonyl (C=O) groups is 1. The van der Waals surface area contributed by atoms with Gasteiger partial charge >= 0.3 is 0 Å². The molecule has 0 aliphatic rings. The lowest BCUT2D eigenvalue weighted by molar-refractivity contribution is -0.116. The van der Waals surface area contributed by atoms with Crippen LogP contribution in [0.1, 0.15) is 11.1 Å². The number of carbonyl (C=O) groups excluding carboxylic acids is 1. The van der Waals surface area contributed by atoms with E-state index in [0.29, 0.717) is 12.2 Å². The molecular formula is C16H15BrOS. The summed E-state index contributed by atoms with van der Waals surface area (Å²) in [6, 6.07) is 16.1. The second kappa shape index (κ2) is 6.92. The third kappa shape index (κ3) is 4.51. The molecule has 98 valence electrons. The lowest BCUT2D eigenvalue weighted by Gasteiger charge is -2.05. The van der Waals surface area contributed by atoms with E-state index in [1.807, 2.05) is 36.4 Å². The number of aryl methyl sites for hydroxylation is 1. The van der Waals surface area contributed by atoms with Crippen LogP contribution in [0.4, 0.5) is 0 Å². The molecule has 2 aromatic rings. The Kier molecular flexibility index (Phi) is 5.23. The van der Waals surface area contributed by atoms with E-state index >= 15 is 0 Å². The van der Waals surface area contributed by atoms with Crippen molar-refractivity contribution in [2.24, 2.45) is 0 Å². The smallest absolute Gasteiger partial charge is 0.147 e. The van der Waals surface area contributed by atoms with E-state index in [9.17, 15) is 4.79 Å². The first kappa shape index (κ1) is 14.4. The zero-order valence-electron chi connectivity index (χ0n) is 10.7. The minimum Gasteiger partial charge on any atom is -0.298 e. The third-order valence-electron chi connectivity index (χ3n) is 2.77. The van der Waals surface area contributed by atoms with Crippen LogP contribution >= 0.6 is 27.7 Å². The first-order chi connectivity index (χ1) is 9.15. The van der Waals surface area contributed by atoms with Gasteiger partial charge in [-0.05, 0) is 36.2 Å². The average Bonchev–Trinajstić information content (AvgIpc) is 2.38. The lowest BCUT2D eigenvalue weighted by atomic mass is 10.1. The molecule has 0 radical (unpaired) electrons. The number of ketones is 1. The number of Topliss-reactive ketones (excluding diaryl/α,β-unsaturated/α-hetero) is 1. The largest absolute Gasteiger partial charge is 0.298 e. The molecule has 0 heterocycles. The maximum atomic E-state index is 12.0. The summed E-state index contributed by atoms with van der Waals surface area (Å²) < 4.78 is 1.02. The van der Waals surface area contributed by atoms with E-state index in [1.165, 1.54) is 10.5 Å². The van der Waals surface area contributed by atoms with Gasteiger partial charge in [0.1, 0.15) is 5.78 Å². The molecule has 2 rings (SSSR count). The van der Waals surface area contributed by atoms with Gasteiger partial charge in [-0.3, -0.25) is 4.79 Å². The number of benzene rings is 2. The average molecular weight is 335 g/mol. The zero-order valence-corrected chi connectivity index (χ0v) is 13.1. The van der Waals surface area contributed by atoms with E-state index in [2.05, 4.69) is 35.0 Å². The molecule has 0 spiro atoms. The van der Waals surface area contributed by atoms with Gasteiger partial charge < -0.3 is 0 Å². The second-order valence-corrected chi connectivity index (χ2v) is 6.33. The summed E-state index contributed by atoms with van der Waals surface area (Å²) in [5, 5.41) is 0. The fourth-order valence-corrected chi connectivity index (χ4v) is 3.14. The van der Waals surface area contributed by atoms with Crippen molar-refractivity contribution in [3.05, 3.63) is 64.1 Å². The van der Waals surface area contributed by atoms with Crippen LogP contribution in [0.25, 0.3) is 0 Å². The van der Waals surface area contributed by atoms with Gasteiger partial charge in [0.05, 0.1) is 5.75 Å². The van der Waals surface area contributed by atoms with Crippen molar-refractivity contribution in [2.75, 3.05) is 5.75 Å². The molecule has 0 amide bonds. The molecule has 0 aliphatic heterocycles. The van der Waals surface area contributed by atoms with E-state index in [4.69, 9.17) is 0 Å². The molecule has 0 bridgehead atoms. The topological polar surface area (TPSA) is 17.1 Å². The van der Waals surface area contributed by atoms with Crippen molar-refractivity contribution >= 4 is 33.5 Å². The fraction of sp³-hybridized carbons (Fsp3) is 0.188. The molecule has 0 unspecified atom stereocenters. The Labute approximate surface area is 126 Å². The summed E-state index contributed by atoms with van der Waals surface area (Å²) in [5.74, 6) is 0.781. The Bertz CT molecular complexity index is 580. The van der Waals surface area contributed by atoms with Crippen LogP contribution in [-0.4, -0.2) is 11.5 Å². The summed E-state index contributed by atoms with van der Waals surface area (Å²) >= 11 is 5.04. The molecule has 0 N–H and O–H groups in total. The molecule has 1 nitrogen and oxygen atoms in total. The molecular weight excluding hydrogens is 320 g/mol. The summed E-state index contributed by atoms with van der Waals surface area (Å²) in [5.41, 5.74) is 2.28. The maximum Gasteiger partial charge on any atom is 0.147 e. The van der Waals surface area contributed by atoms with E-state index in [-0.39, 0.29) is 5.78 Å². The zero-order chi connectivity index (χ0) is 13.7. The monoisotopic (exact) mass is 334 g/mol. The summed E-state index contributed by atoms with van der Waals surface area (Å²) in [7, 11) is 0. The molecule has 0 fully saturated rings. The van der Waals surface area contributed by atoms with Crippen LogP contribution in [0.5, 0.6) is 0 Å². The van der Waals surface area contributed by atoms with Crippen LogP contribution in [0.2, 0.25) is 0 Å². The highest BCUT2D eigenvalue weighted by atomic mass is 79.9. The normalized spacial score (nSPS) is 10.4. The number of thioether (sulfide) groups is 1. The Hall–Kier alpha value is -1.06. The van der Waals surface area contributed by atoms with Gasteiger partial charge in [-0.2, -0.15) is 0 Å². The van der Waals surface area contributed by atoms with Gasteiger partial charge in [0.15, 0.2) is 0 Å². The van der Waals surface area contributed by atoms with Crippen molar-refractivity contribution in [3.8, 4) is 0 Å². The Morgan fingerprint density at radius 3 is 2.68 bits per heavy atom. The van der Waals surface area contributed by atoms with Crippen LogP contribution < -0.4 is 0 Å². The summed E-state index contributed by atoms with van der Waals surface area (Å²) in [6.07, 6.45) is 0.498. The minimum atomic E-state index is 0.256. The minimum absolute atomic E-state index is 0.256. The lowest BCUT2D eigenvalue weighted by Crippen LogP contribution is -2.05. The summed E-state index contributed by atoms with van der Waals surface area (Å²) in [6.45, 7) is 2.07. The van der Waals surface area contributed by atoms with Crippen LogP contribution in [-0.2, 0) is 11.2 Å². The van der Waals surface area contributed by atoms with Crippen molar-refractivity contribution in [3.63, 3.8) is 0 Å². The number of hydrogen-bond donors (Lipinski definition) is 0. The van der Waals surface area contributed by atoms with Gasteiger partial charge in [-0.25, -0.2) is 0 Å². The molecule has 0 aliphatic carbocycles. The van der Waals surface area contributed by atoms with Crippen LogP contribution in [0.15, 0.2) is 57.9 Å². The van der Waals surface area contributed by atoms with Crippen LogP contribution in [0, 0.1) is 6.92 Å². The predicted octanol–water partition coefficient (Wildman–Crippen LogP) is 4.66. The van der Waals surface area contributed by atoms with Crippen molar-refractivity contribution in [1.29, 1.82) is 0 Å². The van der Waals surface area contributed by atoms with Crippen molar-refractivity contribution < 1.29 is 4.79 Å². The first-order valence-corrected chi connectivity index (χ1v) is 7.87. The second-order valence-electron chi connectivity index (χ2n) is 4.40. The highest BCUT2D eigenvalue weighted by Crippen LogP contribution is 2.22. The van der Waals surface area contributed by atoms with E-state index in [0.717, 1.165) is 10.0 Å². The van der Waals surface area contributed by atoms with Gasteiger partial charge in [-0.1, -0.05) is 46.3 Å². The highest BCUT2D eigenvalue weighted by molar-refractivity contribution is 9.10. The Balaban J connectivity index is 1.90. The quantitative estimate of drug-likeness (QED) is 0.739. The van der Waals surface area contributed by atoms with Crippen molar-refractivity contribution in [2.45, 2.75) is 18.2 Å². The number of halogens is 1. The van der Waals surface area contributed by atoms with Crippen LogP contribution in [0.3, 0.4) is 0 Å². The van der Waals surface area contributed by atoms with Gasteiger partial charge in [0.2, 0.25) is 0 Å². The standard InChI is InChI=1S/C16H15BrOS/c1-12-5-2-3-8-16(12)19-11-15(18)10-13-6-4-7-14(17)9-13/h2-9H,10-11H2,1H3. The van der Waals surface area contributed by atoms with Gasteiger partial charge in [-0.15, -0.1) is 11.8 Å². The van der Waals surface area contributed by atoms with Crippen molar-refractivity contribution in [1.82, 2.24) is 0 Å². The molecule has 0 saturated heterocycles.